The third kappa shape index (κ3) is 3.48. The van der Waals surface area contributed by atoms with Gasteiger partial charge in [-0.05, 0) is 36.6 Å². The zero-order chi connectivity index (χ0) is 14.5. The fourth-order valence-corrected chi connectivity index (χ4v) is 2.33. The summed E-state index contributed by atoms with van der Waals surface area (Å²) in [6, 6.07) is 15.9. The third-order valence-electron chi connectivity index (χ3n) is 3.42. The fourth-order valence-electron chi connectivity index (χ4n) is 2.33. The van der Waals surface area contributed by atoms with Gasteiger partial charge in [0.15, 0.2) is 0 Å². The Morgan fingerprint density at radius 2 is 2.00 bits per heavy atom. The Labute approximate surface area is 123 Å². The lowest BCUT2D eigenvalue weighted by molar-refractivity contribution is -0.116. The molecule has 3 rings (SSSR count). The van der Waals surface area contributed by atoms with Crippen molar-refractivity contribution in [3.05, 3.63) is 60.4 Å². The largest absolute Gasteiger partial charge is 0.345 e. The number of benzene rings is 2. The predicted molar refractivity (Wildman–Crippen MR) is 84.1 cm³/mol. The number of fused-ring (bicyclic) bond motifs is 1. The molecule has 0 saturated carbocycles. The molecule has 0 spiro atoms. The molecular weight excluding hydrogens is 262 g/mol. The summed E-state index contributed by atoms with van der Waals surface area (Å²) in [6.45, 7) is 0. The lowest BCUT2D eigenvalue weighted by atomic mass is 10.1. The molecule has 0 atom stereocenters. The van der Waals surface area contributed by atoms with Gasteiger partial charge in [-0.1, -0.05) is 30.3 Å². The quantitative estimate of drug-likeness (QED) is 0.750. The zero-order valence-electron chi connectivity index (χ0n) is 11.7. The van der Waals surface area contributed by atoms with Gasteiger partial charge in [0.2, 0.25) is 5.91 Å². The molecule has 1 aromatic heterocycles. The number of aromatic nitrogens is 2. The first-order chi connectivity index (χ1) is 10.3. The van der Waals surface area contributed by atoms with E-state index in [2.05, 4.69) is 27.4 Å². The van der Waals surface area contributed by atoms with Crippen LogP contribution in [-0.2, 0) is 11.2 Å². The molecule has 3 aromatic rings. The highest BCUT2D eigenvalue weighted by Gasteiger charge is 2.04. The predicted octanol–water partition coefficient (Wildman–Crippen LogP) is 3.52. The van der Waals surface area contributed by atoms with E-state index in [1.807, 2.05) is 36.4 Å². The minimum absolute atomic E-state index is 0.0461. The van der Waals surface area contributed by atoms with Crippen molar-refractivity contribution in [2.24, 2.45) is 0 Å². The van der Waals surface area contributed by atoms with Crippen LogP contribution in [0, 0.1) is 0 Å². The highest BCUT2D eigenvalue weighted by atomic mass is 16.1. The van der Waals surface area contributed by atoms with Crippen molar-refractivity contribution in [2.75, 3.05) is 5.32 Å². The molecular formula is C17H17N3O. The number of rotatable bonds is 5. The second-order valence-electron chi connectivity index (χ2n) is 5.02. The van der Waals surface area contributed by atoms with Crippen LogP contribution in [0.1, 0.15) is 18.4 Å². The maximum Gasteiger partial charge on any atom is 0.224 e. The van der Waals surface area contributed by atoms with Gasteiger partial charge in [-0.2, -0.15) is 0 Å². The van der Waals surface area contributed by atoms with E-state index in [4.69, 9.17) is 0 Å². The number of amides is 1. The maximum absolute atomic E-state index is 11.9. The minimum atomic E-state index is 0.0461. The first-order valence-corrected chi connectivity index (χ1v) is 7.08. The second-order valence-corrected chi connectivity index (χ2v) is 5.02. The molecule has 0 radical (unpaired) electrons. The van der Waals surface area contributed by atoms with Crippen LogP contribution in [0.15, 0.2) is 54.9 Å². The summed E-state index contributed by atoms with van der Waals surface area (Å²) < 4.78 is 0. The standard InChI is InChI=1S/C17H17N3O/c21-17(8-4-7-13-5-2-1-3-6-13)20-14-9-10-15-16(11-14)19-12-18-15/h1-3,5-6,9-12H,4,7-8H2,(H,18,19)(H,20,21). The molecule has 0 unspecified atom stereocenters. The van der Waals surface area contributed by atoms with Crippen LogP contribution in [0.4, 0.5) is 5.69 Å². The summed E-state index contributed by atoms with van der Waals surface area (Å²) in [5, 5.41) is 2.92. The Kier molecular flexibility index (Phi) is 3.96. The molecule has 1 amide bonds. The zero-order valence-corrected chi connectivity index (χ0v) is 11.7. The SMILES string of the molecule is O=C(CCCc1ccccc1)Nc1ccc2nc[nH]c2c1. The molecule has 0 bridgehead atoms. The van der Waals surface area contributed by atoms with Crippen molar-refractivity contribution in [1.29, 1.82) is 0 Å². The highest BCUT2D eigenvalue weighted by molar-refractivity contribution is 5.92. The Bertz CT molecular complexity index is 734. The van der Waals surface area contributed by atoms with Crippen LogP contribution in [0.2, 0.25) is 0 Å². The lowest BCUT2D eigenvalue weighted by Crippen LogP contribution is -2.11. The first kappa shape index (κ1) is 13.4. The highest BCUT2D eigenvalue weighted by Crippen LogP contribution is 2.16. The molecule has 0 saturated heterocycles. The van der Waals surface area contributed by atoms with Crippen molar-refractivity contribution < 1.29 is 4.79 Å². The number of anilines is 1. The van der Waals surface area contributed by atoms with Crippen LogP contribution >= 0.6 is 0 Å². The number of H-pyrrole nitrogens is 1. The van der Waals surface area contributed by atoms with Crippen molar-refractivity contribution >= 4 is 22.6 Å². The van der Waals surface area contributed by atoms with Crippen LogP contribution in [0.3, 0.4) is 0 Å². The van der Waals surface area contributed by atoms with Crippen molar-refractivity contribution in [3.8, 4) is 0 Å². The maximum atomic E-state index is 11.9. The van der Waals surface area contributed by atoms with Gasteiger partial charge in [0.05, 0.1) is 17.4 Å². The Morgan fingerprint density at radius 3 is 2.86 bits per heavy atom. The van der Waals surface area contributed by atoms with Gasteiger partial charge in [-0.15, -0.1) is 0 Å². The number of nitrogens with one attached hydrogen (secondary N) is 2. The van der Waals surface area contributed by atoms with Gasteiger partial charge in [-0.25, -0.2) is 4.98 Å². The summed E-state index contributed by atoms with van der Waals surface area (Å²) in [6.07, 6.45) is 3.95. The van der Waals surface area contributed by atoms with E-state index < -0.39 is 0 Å². The first-order valence-electron chi connectivity index (χ1n) is 7.08. The van der Waals surface area contributed by atoms with Crippen LogP contribution in [-0.4, -0.2) is 15.9 Å². The lowest BCUT2D eigenvalue weighted by Gasteiger charge is -2.05. The summed E-state index contributed by atoms with van der Waals surface area (Å²) in [5.41, 5.74) is 3.90. The summed E-state index contributed by atoms with van der Waals surface area (Å²) in [5.74, 6) is 0.0461. The molecule has 1 heterocycles. The Hall–Kier alpha value is -2.62. The van der Waals surface area contributed by atoms with E-state index >= 15 is 0 Å². The number of imidazole rings is 1. The minimum Gasteiger partial charge on any atom is -0.345 e. The smallest absolute Gasteiger partial charge is 0.224 e. The molecule has 2 N–H and O–H groups in total. The molecule has 4 nitrogen and oxygen atoms in total. The van der Waals surface area contributed by atoms with Crippen molar-refractivity contribution in [1.82, 2.24) is 9.97 Å². The monoisotopic (exact) mass is 279 g/mol. The number of nitrogens with zero attached hydrogens (tertiary/aromatic N) is 1. The number of aryl methyl sites for hydroxylation is 1. The molecule has 21 heavy (non-hydrogen) atoms. The van der Waals surface area contributed by atoms with Gasteiger partial charge < -0.3 is 10.3 Å². The van der Waals surface area contributed by atoms with Gasteiger partial charge in [0.1, 0.15) is 0 Å². The van der Waals surface area contributed by atoms with Crippen LogP contribution < -0.4 is 5.32 Å². The molecule has 0 fully saturated rings. The van der Waals surface area contributed by atoms with E-state index in [9.17, 15) is 4.79 Å². The Morgan fingerprint density at radius 1 is 1.14 bits per heavy atom. The van der Waals surface area contributed by atoms with E-state index in [0.717, 1.165) is 29.6 Å². The van der Waals surface area contributed by atoms with Gasteiger partial charge >= 0.3 is 0 Å². The van der Waals surface area contributed by atoms with Crippen molar-refractivity contribution in [2.45, 2.75) is 19.3 Å². The van der Waals surface area contributed by atoms with E-state index in [1.165, 1.54) is 5.56 Å². The molecule has 2 aromatic carbocycles. The summed E-state index contributed by atoms with van der Waals surface area (Å²) >= 11 is 0. The van der Waals surface area contributed by atoms with Crippen molar-refractivity contribution in [3.63, 3.8) is 0 Å². The average Bonchev–Trinajstić information content (AvgIpc) is 2.96. The Balaban J connectivity index is 1.51. The molecule has 4 heteroatoms. The third-order valence-corrected chi connectivity index (χ3v) is 3.42. The molecule has 0 aliphatic heterocycles. The number of carbonyl (C=O) groups is 1. The van der Waals surface area contributed by atoms with E-state index in [-0.39, 0.29) is 5.91 Å². The second kappa shape index (κ2) is 6.22. The normalized spacial score (nSPS) is 10.7. The number of hydrogen-bond donors (Lipinski definition) is 2. The van der Waals surface area contributed by atoms with Gasteiger partial charge in [-0.3, -0.25) is 4.79 Å². The van der Waals surface area contributed by atoms with Gasteiger partial charge in [0, 0.05) is 12.1 Å². The van der Waals surface area contributed by atoms with Crippen LogP contribution in [0.25, 0.3) is 11.0 Å². The van der Waals surface area contributed by atoms with Gasteiger partial charge in [0.25, 0.3) is 0 Å². The van der Waals surface area contributed by atoms with E-state index in [1.54, 1.807) is 6.33 Å². The molecule has 0 aliphatic rings. The van der Waals surface area contributed by atoms with Crippen LogP contribution in [0.5, 0.6) is 0 Å². The number of hydrogen-bond acceptors (Lipinski definition) is 2. The topological polar surface area (TPSA) is 57.8 Å². The number of carbonyl (C=O) groups excluding carboxylic acids is 1. The van der Waals surface area contributed by atoms with E-state index in [0.29, 0.717) is 6.42 Å². The number of aromatic amines is 1. The molecule has 0 aliphatic carbocycles. The molecule has 106 valence electrons. The fraction of sp³-hybridized carbons (Fsp3) is 0.176. The summed E-state index contributed by atoms with van der Waals surface area (Å²) in [7, 11) is 0. The average molecular weight is 279 g/mol. The summed E-state index contributed by atoms with van der Waals surface area (Å²) in [4.78, 5) is 19.1.